The maximum atomic E-state index is 11.7. The van der Waals surface area contributed by atoms with Crippen molar-refractivity contribution in [2.75, 3.05) is 0 Å². The zero-order valence-corrected chi connectivity index (χ0v) is 14.5. The minimum atomic E-state index is -0.861. The Morgan fingerprint density at radius 1 is 1.33 bits per heavy atom. The summed E-state index contributed by atoms with van der Waals surface area (Å²) in [7, 11) is 0. The molecule has 0 amide bonds. The molecule has 0 aliphatic rings. The van der Waals surface area contributed by atoms with Crippen LogP contribution in [0, 0.1) is 6.92 Å². The summed E-state index contributed by atoms with van der Waals surface area (Å²) in [6.07, 6.45) is 2.15. The van der Waals surface area contributed by atoms with Crippen LogP contribution in [0.3, 0.4) is 0 Å². The van der Waals surface area contributed by atoms with Crippen molar-refractivity contribution >= 4 is 28.9 Å². The molecular formula is C18H19N3O2S. The first-order valence-corrected chi connectivity index (χ1v) is 8.82. The van der Waals surface area contributed by atoms with E-state index in [2.05, 4.69) is 35.1 Å². The fourth-order valence-electron chi connectivity index (χ4n) is 2.71. The number of rotatable bonds is 6. The molecule has 0 bridgehead atoms. The van der Waals surface area contributed by atoms with E-state index in [0.29, 0.717) is 17.2 Å². The van der Waals surface area contributed by atoms with Gasteiger partial charge in [0.1, 0.15) is 11.6 Å². The van der Waals surface area contributed by atoms with Gasteiger partial charge in [-0.05, 0) is 31.0 Å². The summed E-state index contributed by atoms with van der Waals surface area (Å²) in [4.78, 5) is 20.6. The fourth-order valence-corrected chi connectivity index (χ4v) is 3.70. The molecule has 0 spiro atoms. The summed E-state index contributed by atoms with van der Waals surface area (Å²) in [5.74, 6) is -0.124. The van der Waals surface area contributed by atoms with Gasteiger partial charge in [0, 0.05) is 11.9 Å². The molecule has 3 rings (SSSR count). The number of carboxylic acid groups (broad SMARTS) is 1. The second kappa shape index (κ2) is 7.05. The van der Waals surface area contributed by atoms with Crippen LogP contribution in [0.4, 0.5) is 0 Å². The Bertz CT molecular complexity index is 876. The Morgan fingerprint density at radius 3 is 2.88 bits per heavy atom. The van der Waals surface area contributed by atoms with Gasteiger partial charge in [-0.25, -0.2) is 14.8 Å². The zero-order valence-electron chi connectivity index (χ0n) is 13.6. The minimum absolute atomic E-state index is 0.482. The molecule has 0 fully saturated rings. The molecule has 2 heterocycles. The molecule has 0 saturated heterocycles. The molecule has 6 heteroatoms. The SMILES string of the molecule is CCC(C(=O)O)n1c(SCc2cccc(C)c2)nc2cccnc21. The highest BCUT2D eigenvalue weighted by Gasteiger charge is 2.24. The molecule has 3 aromatic rings. The number of fused-ring (bicyclic) bond motifs is 1. The van der Waals surface area contributed by atoms with E-state index in [1.54, 1.807) is 22.5 Å². The van der Waals surface area contributed by atoms with Gasteiger partial charge in [0.05, 0.1) is 0 Å². The first kappa shape index (κ1) is 16.5. The number of pyridine rings is 1. The van der Waals surface area contributed by atoms with E-state index in [9.17, 15) is 9.90 Å². The number of imidazole rings is 1. The number of hydrogen-bond acceptors (Lipinski definition) is 4. The average Bonchev–Trinajstić information content (AvgIpc) is 2.92. The molecule has 1 aromatic carbocycles. The third-order valence-corrected chi connectivity index (χ3v) is 4.87. The second-order valence-electron chi connectivity index (χ2n) is 5.65. The van der Waals surface area contributed by atoms with Crippen molar-refractivity contribution in [3.05, 3.63) is 53.7 Å². The molecule has 0 radical (unpaired) electrons. The lowest BCUT2D eigenvalue weighted by Crippen LogP contribution is -2.19. The zero-order chi connectivity index (χ0) is 17.1. The number of nitrogens with zero attached hydrogens (tertiary/aromatic N) is 3. The summed E-state index contributed by atoms with van der Waals surface area (Å²) < 4.78 is 1.75. The molecule has 1 N–H and O–H groups in total. The van der Waals surface area contributed by atoms with Gasteiger partial charge in [0.2, 0.25) is 0 Å². The van der Waals surface area contributed by atoms with Gasteiger partial charge in [0.15, 0.2) is 10.8 Å². The number of aliphatic carboxylic acids is 1. The second-order valence-corrected chi connectivity index (χ2v) is 6.59. The van der Waals surface area contributed by atoms with Gasteiger partial charge in [-0.3, -0.25) is 4.57 Å². The third kappa shape index (κ3) is 3.28. The standard InChI is InChI=1S/C18H19N3O2S/c1-3-15(17(22)23)21-16-14(8-5-9-19-16)20-18(21)24-11-13-7-4-6-12(2)10-13/h4-10,15H,3,11H2,1-2H3,(H,22,23). The number of carboxylic acids is 1. The summed E-state index contributed by atoms with van der Waals surface area (Å²) in [5.41, 5.74) is 3.75. The molecule has 1 unspecified atom stereocenters. The van der Waals surface area contributed by atoms with E-state index in [1.807, 2.05) is 25.1 Å². The van der Waals surface area contributed by atoms with Gasteiger partial charge in [-0.2, -0.15) is 0 Å². The van der Waals surface area contributed by atoms with E-state index >= 15 is 0 Å². The molecule has 5 nitrogen and oxygen atoms in total. The van der Waals surface area contributed by atoms with Crippen molar-refractivity contribution in [1.82, 2.24) is 14.5 Å². The average molecular weight is 341 g/mol. The van der Waals surface area contributed by atoms with Crippen molar-refractivity contribution < 1.29 is 9.90 Å². The van der Waals surface area contributed by atoms with Gasteiger partial charge in [0.25, 0.3) is 0 Å². The van der Waals surface area contributed by atoms with Crippen LogP contribution in [-0.4, -0.2) is 25.6 Å². The molecule has 124 valence electrons. The van der Waals surface area contributed by atoms with Crippen molar-refractivity contribution in [3.8, 4) is 0 Å². The summed E-state index contributed by atoms with van der Waals surface area (Å²) in [6, 6.07) is 11.3. The maximum absolute atomic E-state index is 11.7. The Kier molecular flexibility index (Phi) is 4.85. The number of hydrogen-bond donors (Lipinski definition) is 1. The van der Waals surface area contributed by atoms with Crippen molar-refractivity contribution in [2.45, 2.75) is 37.2 Å². The Balaban J connectivity index is 1.98. The van der Waals surface area contributed by atoms with Crippen molar-refractivity contribution in [2.24, 2.45) is 0 Å². The largest absolute Gasteiger partial charge is 0.480 e. The van der Waals surface area contributed by atoms with Gasteiger partial charge in [-0.1, -0.05) is 48.5 Å². The summed E-state index contributed by atoms with van der Waals surface area (Å²) in [6.45, 7) is 3.92. The predicted octanol–water partition coefficient (Wildman–Crippen LogP) is 4.07. The minimum Gasteiger partial charge on any atom is -0.480 e. The Labute approximate surface area is 144 Å². The molecule has 0 aliphatic heterocycles. The molecule has 0 aliphatic carbocycles. The van der Waals surface area contributed by atoms with Crippen LogP contribution in [0.5, 0.6) is 0 Å². The highest BCUT2D eigenvalue weighted by Crippen LogP contribution is 2.30. The highest BCUT2D eigenvalue weighted by atomic mass is 32.2. The number of aromatic nitrogens is 3. The number of aryl methyl sites for hydroxylation is 1. The van der Waals surface area contributed by atoms with Crippen LogP contribution in [0.15, 0.2) is 47.8 Å². The number of carbonyl (C=O) groups is 1. The van der Waals surface area contributed by atoms with E-state index in [-0.39, 0.29) is 0 Å². The van der Waals surface area contributed by atoms with E-state index in [1.165, 1.54) is 11.1 Å². The van der Waals surface area contributed by atoms with Crippen molar-refractivity contribution in [3.63, 3.8) is 0 Å². The smallest absolute Gasteiger partial charge is 0.326 e. The Hall–Kier alpha value is -2.34. The quantitative estimate of drug-likeness (QED) is 0.685. The Morgan fingerprint density at radius 2 is 2.17 bits per heavy atom. The van der Waals surface area contributed by atoms with Crippen molar-refractivity contribution in [1.29, 1.82) is 0 Å². The van der Waals surface area contributed by atoms with Crippen LogP contribution in [0.1, 0.15) is 30.5 Å². The molecule has 1 atom stereocenters. The lowest BCUT2D eigenvalue weighted by Gasteiger charge is -2.15. The van der Waals surface area contributed by atoms with Crippen LogP contribution >= 0.6 is 11.8 Å². The van der Waals surface area contributed by atoms with E-state index in [0.717, 1.165) is 11.3 Å². The van der Waals surface area contributed by atoms with E-state index in [4.69, 9.17) is 0 Å². The first-order valence-electron chi connectivity index (χ1n) is 7.84. The predicted molar refractivity (Wildman–Crippen MR) is 95.2 cm³/mol. The van der Waals surface area contributed by atoms with Crippen LogP contribution in [-0.2, 0) is 10.5 Å². The summed E-state index contributed by atoms with van der Waals surface area (Å²) in [5, 5.41) is 10.3. The van der Waals surface area contributed by atoms with Gasteiger partial charge >= 0.3 is 5.97 Å². The molecule has 0 saturated carbocycles. The monoisotopic (exact) mass is 341 g/mol. The van der Waals surface area contributed by atoms with Crippen LogP contribution in [0.25, 0.3) is 11.2 Å². The summed E-state index contributed by atoms with van der Waals surface area (Å²) >= 11 is 1.54. The molecule has 24 heavy (non-hydrogen) atoms. The third-order valence-electron chi connectivity index (χ3n) is 3.85. The number of benzene rings is 1. The van der Waals surface area contributed by atoms with Gasteiger partial charge < -0.3 is 5.11 Å². The molecular weight excluding hydrogens is 322 g/mol. The van der Waals surface area contributed by atoms with E-state index < -0.39 is 12.0 Å². The highest BCUT2D eigenvalue weighted by molar-refractivity contribution is 7.98. The normalized spacial score (nSPS) is 12.4. The van der Waals surface area contributed by atoms with Crippen LogP contribution < -0.4 is 0 Å². The lowest BCUT2D eigenvalue weighted by atomic mass is 10.2. The topological polar surface area (TPSA) is 68.0 Å². The fraction of sp³-hybridized carbons (Fsp3) is 0.278. The molecule has 2 aromatic heterocycles. The van der Waals surface area contributed by atoms with Crippen LogP contribution in [0.2, 0.25) is 0 Å². The maximum Gasteiger partial charge on any atom is 0.326 e. The number of thioether (sulfide) groups is 1. The van der Waals surface area contributed by atoms with Gasteiger partial charge in [-0.15, -0.1) is 0 Å². The lowest BCUT2D eigenvalue weighted by molar-refractivity contribution is -0.141. The first-order chi connectivity index (χ1) is 11.6.